The van der Waals surface area contributed by atoms with Crippen LogP contribution in [-0.4, -0.2) is 60.3 Å². The van der Waals surface area contributed by atoms with Gasteiger partial charge in [0.05, 0.1) is 11.7 Å². The molecule has 0 saturated carbocycles. The maximum atomic E-state index is 12.3. The highest BCUT2D eigenvalue weighted by molar-refractivity contribution is 5.87. The van der Waals surface area contributed by atoms with E-state index in [1.54, 1.807) is 48.2 Å². The minimum atomic E-state index is -0.950. The molecule has 1 heterocycles. The van der Waals surface area contributed by atoms with Gasteiger partial charge in [-0.25, -0.2) is 9.59 Å². The minimum absolute atomic E-state index is 0.0307. The largest absolute Gasteiger partial charge is 0.478 e. The summed E-state index contributed by atoms with van der Waals surface area (Å²) in [6, 6.07) is 6.53. The number of carboxylic acids is 1. The first-order valence-electron chi connectivity index (χ1n) is 6.86. The zero-order valence-electron chi connectivity index (χ0n) is 12.3. The number of rotatable bonds is 4. The maximum Gasteiger partial charge on any atom is 0.335 e. The molecule has 6 nitrogen and oxygen atoms in total. The normalized spacial score (nSPS) is 17.8. The second-order valence-electron chi connectivity index (χ2n) is 5.23. The Morgan fingerprint density at radius 3 is 2.57 bits per heavy atom. The maximum absolute atomic E-state index is 12.3. The molecule has 1 unspecified atom stereocenters. The van der Waals surface area contributed by atoms with Crippen molar-refractivity contribution in [1.29, 1.82) is 0 Å². The molecule has 0 aliphatic carbocycles. The van der Waals surface area contributed by atoms with E-state index in [-0.39, 0.29) is 17.7 Å². The topological polar surface area (TPSA) is 70.1 Å². The Hall–Kier alpha value is -2.08. The summed E-state index contributed by atoms with van der Waals surface area (Å²) in [4.78, 5) is 26.5. The number of likely N-dealkylation sites (tertiary alicyclic amines) is 1. The summed E-state index contributed by atoms with van der Waals surface area (Å²) in [5, 5.41) is 8.85. The van der Waals surface area contributed by atoms with E-state index in [2.05, 4.69) is 0 Å². The third-order valence-electron chi connectivity index (χ3n) is 3.70. The highest BCUT2D eigenvalue weighted by Crippen LogP contribution is 2.15. The number of hydrogen-bond acceptors (Lipinski definition) is 3. The van der Waals surface area contributed by atoms with E-state index < -0.39 is 5.97 Å². The number of amides is 2. The smallest absolute Gasteiger partial charge is 0.335 e. The molecular formula is C15H20N2O4. The van der Waals surface area contributed by atoms with E-state index in [4.69, 9.17) is 9.84 Å². The predicted molar refractivity (Wildman–Crippen MR) is 77.3 cm³/mol. The molecule has 0 spiro atoms. The van der Waals surface area contributed by atoms with Gasteiger partial charge in [-0.15, -0.1) is 0 Å². The zero-order valence-corrected chi connectivity index (χ0v) is 12.3. The van der Waals surface area contributed by atoms with Crippen molar-refractivity contribution in [3.05, 3.63) is 35.4 Å². The Morgan fingerprint density at radius 1 is 1.38 bits per heavy atom. The summed E-state index contributed by atoms with van der Waals surface area (Å²) in [7, 11) is 3.40. The molecule has 0 bridgehead atoms. The molecule has 2 rings (SSSR count). The van der Waals surface area contributed by atoms with Crippen LogP contribution in [0.1, 0.15) is 22.3 Å². The number of carbonyl (C=O) groups excluding carboxylic acids is 1. The lowest BCUT2D eigenvalue weighted by atomic mass is 10.1. The van der Waals surface area contributed by atoms with Crippen LogP contribution in [0.15, 0.2) is 24.3 Å². The SMILES string of the molecule is COC1CCN(C(=O)N(C)Cc2ccc(C(=O)O)cc2)C1. The summed E-state index contributed by atoms with van der Waals surface area (Å²) in [5.41, 5.74) is 1.15. The van der Waals surface area contributed by atoms with Gasteiger partial charge < -0.3 is 19.6 Å². The van der Waals surface area contributed by atoms with Crippen molar-refractivity contribution in [2.45, 2.75) is 19.1 Å². The van der Waals surface area contributed by atoms with Crippen LogP contribution in [0.4, 0.5) is 4.79 Å². The Kier molecular flexibility index (Phi) is 4.80. The molecule has 1 atom stereocenters. The number of aromatic carboxylic acids is 1. The number of nitrogens with zero attached hydrogens (tertiary/aromatic N) is 2. The van der Waals surface area contributed by atoms with Crippen LogP contribution < -0.4 is 0 Å². The second-order valence-corrected chi connectivity index (χ2v) is 5.23. The fourth-order valence-corrected chi connectivity index (χ4v) is 2.43. The van der Waals surface area contributed by atoms with E-state index in [0.29, 0.717) is 19.6 Å². The van der Waals surface area contributed by atoms with E-state index in [0.717, 1.165) is 12.0 Å². The molecular weight excluding hydrogens is 272 g/mol. The third-order valence-corrected chi connectivity index (χ3v) is 3.70. The lowest BCUT2D eigenvalue weighted by Gasteiger charge is -2.24. The molecule has 1 aliphatic rings. The van der Waals surface area contributed by atoms with Gasteiger partial charge in [0.15, 0.2) is 0 Å². The Morgan fingerprint density at radius 2 is 2.05 bits per heavy atom. The molecule has 2 amide bonds. The number of benzene rings is 1. The molecule has 1 aliphatic heterocycles. The summed E-state index contributed by atoms with van der Waals surface area (Å²) < 4.78 is 5.26. The summed E-state index contributed by atoms with van der Waals surface area (Å²) in [5.74, 6) is -0.950. The van der Waals surface area contributed by atoms with Gasteiger partial charge in [-0.05, 0) is 24.1 Å². The van der Waals surface area contributed by atoms with Crippen LogP contribution in [0.5, 0.6) is 0 Å². The Bertz CT molecular complexity index is 515. The minimum Gasteiger partial charge on any atom is -0.478 e. The quantitative estimate of drug-likeness (QED) is 0.916. The van der Waals surface area contributed by atoms with E-state index >= 15 is 0 Å². The van der Waals surface area contributed by atoms with E-state index in [1.807, 2.05) is 0 Å². The molecule has 114 valence electrons. The highest BCUT2D eigenvalue weighted by Gasteiger charge is 2.27. The number of ether oxygens (including phenoxy) is 1. The van der Waals surface area contributed by atoms with Crippen molar-refractivity contribution in [3.8, 4) is 0 Å². The van der Waals surface area contributed by atoms with Crippen molar-refractivity contribution in [2.75, 3.05) is 27.2 Å². The fraction of sp³-hybridized carbons (Fsp3) is 0.467. The lowest BCUT2D eigenvalue weighted by molar-refractivity contribution is 0.0697. The lowest BCUT2D eigenvalue weighted by Crippen LogP contribution is -2.39. The molecule has 21 heavy (non-hydrogen) atoms. The molecule has 6 heteroatoms. The van der Waals surface area contributed by atoms with Crippen molar-refractivity contribution in [3.63, 3.8) is 0 Å². The van der Waals surface area contributed by atoms with Crippen LogP contribution in [0.2, 0.25) is 0 Å². The van der Waals surface area contributed by atoms with Gasteiger partial charge in [0.1, 0.15) is 0 Å². The predicted octanol–water partition coefficient (Wildman–Crippen LogP) is 1.66. The molecule has 0 aromatic heterocycles. The second kappa shape index (κ2) is 6.58. The Balaban J connectivity index is 1.93. The van der Waals surface area contributed by atoms with Gasteiger partial charge in [-0.3, -0.25) is 0 Å². The van der Waals surface area contributed by atoms with E-state index in [1.165, 1.54) is 0 Å². The van der Waals surface area contributed by atoms with Gasteiger partial charge in [-0.2, -0.15) is 0 Å². The molecule has 0 radical (unpaired) electrons. The van der Waals surface area contributed by atoms with Gasteiger partial charge in [0.25, 0.3) is 0 Å². The first kappa shape index (κ1) is 15.3. The standard InChI is InChI=1S/C15H20N2O4/c1-16(15(20)17-8-7-13(10-17)21-2)9-11-3-5-12(6-4-11)14(18)19/h3-6,13H,7-10H2,1-2H3,(H,18,19). The van der Waals surface area contributed by atoms with Gasteiger partial charge >= 0.3 is 12.0 Å². The van der Waals surface area contributed by atoms with Crippen LogP contribution in [0.25, 0.3) is 0 Å². The number of carbonyl (C=O) groups is 2. The summed E-state index contributed by atoms with van der Waals surface area (Å²) in [6.07, 6.45) is 0.987. The highest BCUT2D eigenvalue weighted by atomic mass is 16.5. The monoisotopic (exact) mass is 292 g/mol. The molecule has 1 aromatic carbocycles. The van der Waals surface area contributed by atoms with Gasteiger partial charge in [-0.1, -0.05) is 12.1 Å². The number of methoxy groups -OCH3 is 1. The average molecular weight is 292 g/mol. The summed E-state index contributed by atoms with van der Waals surface area (Å²) in [6.45, 7) is 1.78. The van der Waals surface area contributed by atoms with Crippen molar-refractivity contribution >= 4 is 12.0 Å². The fourth-order valence-electron chi connectivity index (χ4n) is 2.43. The van der Waals surface area contributed by atoms with Crippen molar-refractivity contribution in [1.82, 2.24) is 9.80 Å². The average Bonchev–Trinajstić information content (AvgIpc) is 2.95. The van der Waals surface area contributed by atoms with Crippen LogP contribution in [-0.2, 0) is 11.3 Å². The molecule has 1 fully saturated rings. The zero-order chi connectivity index (χ0) is 15.4. The third kappa shape index (κ3) is 3.72. The molecule has 1 N–H and O–H groups in total. The van der Waals surface area contributed by atoms with Crippen molar-refractivity contribution < 1.29 is 19.4 Å². The molecule has 1 saturated heterocycles. The molecule has 1 aromatic rings. The number of hydrogen-bond donors (Lipinski definition) is 1. The van der Waals surface area contributed by atoms with E-state index in [9.17, 15) is 9.59 Å². The van der Waals surface area contributed by atoms with Crippen molar-refractivity contribution in [2.24, 2.45) is 0 Å². The Labute approximate surface area is 123 Å². The van der Waals surface area contributed by atoms with Crippen LogP contribution in [0.3, 0.4) is 0 Å². The summed E-state index contributed by atoms with van der Waals surface area (Å²) >= 11 is 0. The van der Waals surface area contributed by atoms with Gasteiger partial charge in [0, 0.05) is 33.8 Å². The van der Waals surface area contributed by atoms with Gasteiger partial charge in [0.2, 0.25) is 0 Å². The first-order valence-corrected chi connectivity index (χ1v) is 6.86. The number of carboxylic acid groups (broad SMARTS) is 1. The van der Waals surface area contributed by atoms with Crippen LogP contribution in [0, 0.1) is 0 Å². The first-order chi connectivity index (χ1) is 10.0. The number of urea groups is 1. The van der Waals surface area contributed by atoms with Crippen LogP contribution >= 0.6 is 0 Å².